The summed E-state index contributed by atoms with van der Waals surface area (Å²) >= 11 is 0. The lowest BCUT2D eigenvalue weighted by molar-refractivity contribution is 0.0792. The maximum absolute atomic E-state index is 9.54. The molecule has 1 N–H and O–H groups in total. The van der Waals surface area contributed by atoms with Crippen molar-refractivity contribution >= 4 is 5.69 Å². The number of anilines is 1. The Bertz CT molecular complexity index is 404. The average molecular weight is 274 g/mol. The lowest BCUT2D eigenvalue weighted by Gasteiger charge is -2.30. The Kier molecular flexibility index (Phi) is 4.58. The van der Waals surface area contributed by atoms with E-state index in [2.05, 4.69) is 34.1 Å². The van der Waals surface area contributed by atoms with Gasteiger partial charge in [-0.05, 0) is 49.8 Å². The van der Waals surface area contributed by atoms with Gasteiger partial charge in [0.25, 0.3) is 0 Å². The number of hydrogen-bond donors (Lipinski definition) is 1. The maximum atomic E-state index is 9.54. The molecule has 0 spiro atoms. The first-order valence-electron chi connectivity index (χ1n) is 8.05. The molecule has 2 heterocycles. The van der Waals surface area contributed by atoms with Gasteiger partial charge in [-0.1, -0.05) is 12.1 Å². The molecule has 1 aromatic rings. The number of aliphatic hydroxyl groups is 1. The van der Waals surface area contributed by atoms with Crippen LogP contribution in [0, 0.1) is 0 Å². The minimum absolute atomic E-state index is 0.0762. The van der Waals surface area contributed by atoms with E-state index in [1.807, 2.05) is 0 Å². The molecule has 0 atom stereocenters. The molecule has 0 aromatic heterocycles. The van der Waals surface area contributed by atoms with E-state index in [-0.39, 0.29) is 6.10 Å². The zero-order chi connectivity index (χ0) is 13.8. The Balaban J connectivity index is 1.55. The first-order valence-corrected chi connectivity index (χ1v) is 8.05. The number of likely N-dealkylation sites (tertiary alicyclic amines) is 1. The van der Waals surface area contributed by atoms with Crippen LogP contribution in [0.25, 0.3) is 0 Å². The number of piperidine rings is 2. The molecule has 0 aliphatic carbocycles. The summed E-state index contributed by atoms with van der Waals surface area (Å²) < 4.78 is 0. The average Bonchev–Trinajstić information content (AvgIpc) is 2.51. The normalized spacial score (nSPS) is 22.1. The van der Waals surface area contributed by atoms with E-state index in [1.165, 1.54) is 43.6 Å². The van der Waals surface area contributed by atoms with Gasteiger partial charge in [-0.2, -0.15) is 0 Å². The van der Waals surface area contributed by atoms with E-state index in [0.29, 0.717) is 0 Å². The minimum Gasteiger partial charge on any atom is -0.393 e. The van der Waals surface area contributed by atoms with Crippen LogP contribution in [0.3, 0.4) is 0 Å². The van der Waals surface area contributed by atoms with Crippen molar-refractivity contribution in [1.82, 2.24) is 4.90 Å². The molecule has 20 heavy (non-hydrogen) atoms. The standard InChI is InChI=1S/C17H26N2O/c20-17-8-12-18(13-9-17)14-15-4-6-16(7-5-15)19-10-2-1-3-11-19/h4-7,17,20H,1-3,8-14H2. The Morgan fingerprint density at radius 1 is 0.900 bits per heavy atom. The molecule has 0 unspecified atom stereocenters. The van der Waals surface area contributed by atoms with E-state index in [4.69, 9.17) is 0 Å². The monoisotopic (exact) mass is 274 g/mol. The number of rotatable bonds is 3. The minimum atomic E-state index is -0.0762. The fraction of sp³-hybridized carbons (Fsp3) is 0.647. The first kappa shape index (κ1) is 13.9. The Morgan fingerprint density at radius 3 is 2.20 bits per heavy atom. The van der Waals surface area contributed by atoms with Crippen LogP contribution < -0.4 is 4.90 Å². The molecule has 2 fully saturated rings. The van der Waals surface area contributed by atoms with Gasteiger partial charge >= 0.3 is 0 Å². The third-order valence-corrected chi connectivity index (χ3v) is 4.62. The van der Waals surface area contributed by atoms with Crippen LogP contribution in [0.1, 0.15) is 37.7 Å². The largest absolute Gasteiger partial charge is 0.393 e. The molecule has 0 bridgehead atoms. The van der Waals surface area contributed by atoms with Crippen LogP contribution >= 0.6 is 0 Å². The second-order valence-electron chi connectivity index (χ2n) is 6.22. The third-order valence-electron chi connectivity index (χ3n) is 4.62. The van der Waals surface area contributed by atoms with Crippen LogP contribution in [-0.4, -0.2) is 42.3 Å². The molecule has 1 aromatic carbocycles. The van der Waals surface area contributed by atoms with Gasteiger partial charge in [0.2, 0.25) is 0 Å². The summed E-state index contributed by atoms with van der Waals surface area (Å²) in [5.41, 5.74) is 2.77. The lowest BCUT2D eigenvalue weighted by Crippen LogP contribution is -2.35. The lowest BCUT2D eigenvalue weighted by atomic mass is 10.1. The van der Waals surface area contributed by atoms with Crippen molar-refractivity contribution in [3.8, 4) is 0 Å². The molecular weight excluding hydrogens is 248 g/mol. The van der Waals surface area contributed by atoms with E-state index in [0.717, 1.165) is 32.5 Å². The highest BCUT2D eigenvalue weighted by Crippen LogP contribution is 2.21. The summed E-state index contributed by atoms with van der Waals surface area (Å²) in [6.45, 7) is 5.49. The zero-order valence-corrected chi connectivity index (χ0v) is 12.3. The Hall–Kier alpha value is -1.06. The fourth-order valence-corrected chi connectivity index (χ4v) is 3.30. The Labute approximate surface area is 122 Å². The van der Waals surface area contributed by atoms with Gasteiger partial charge in [0.15, 0.2) is 0 Å². The molecule has 110 valence electrons. The third kappa shape index (κ3) is 3.53. The quantitative estimate of drug-likeness (QED) is 0.918. The molecule has 0 amide bonds. The van der Waals surface area contributed by atoms with Crippen molar-refractivity contribution in [1.29, 1.82) is 0 Å². The summed E-state index contributed by atoms with van der Waals surface area (Å²) in [6.07, 6.45) is 5.82. The first-order chi connectivity index (χ1) is 9.81. The van der Waals surface area contributed by atoms with E-state index >= 15 is 0 Å². The van der Waals surface area contributed by atoms with Gasteiger partial charge in [-0.25, -0.2) is 0 Å². The summed E-state index contributed by atoms with van der Waals surface area (Å²) in [5, 5.41) is 9.54. The molecule has 3 rings (SSSR count). The van der Waals surface area contributed by atoms with Crippen LogP contribution in [0.15, 0.2) is 24.3 Å². The highest BCUT2D eigenvalue weighted by atomic mass is 16.3. The van der Waals surface area contributed by atoms with Crippen molar-refractivity contribution in [2.24, 2.45) is 0 Å². The highest BCUT2D eigenvalue weighted by Gasteiger charge is 2.17. The van der Waals surface area contributed by atoms with Crippen molar-refractivity contribution in [2.45, 2.75) is 44.8 Å². The molecule has 2 aliphatic heterocycles. The molecule has 3 nitrogen and oxygen atoms in total. The van der Waals surface area contributed by atoms with E-state index in [9.17, 15) is 5.11 Å². The highest BCUT2D eigenvalue weighted by molar-refractivity contribution is 5.47. The topological polar surface area (TPSA) is 26.7 Å². The summed E-state index contributed by atoms with van der Waals surface area (Å²) in [5.74, 6) is 0. The maximum Gasteiger partial charge on any atom is 0.0564 e. The molecule has 3 heteroatoms. The summed E-state index contributed by atoms with van der Waals surface area (Å²) in [6, 6.07) is 9.10. The van der Waals surface area contributed by atoms with Gasteiger partial charge in [0.1, 0.15) is 0 Å². The molecule has 0 radical (unpaired) electrons. The summed E-state index contributed by atoms with van der Waals surface area (Å²) in [7, 11) is 0. The Morgan fingerprint density at radius 2 is 1.55 bits per heavy atom. The molecule has 2 saturated heterocycles. The smallest absolute Gasteiger partial charge is 0.0564 e. The number of hydrogen-bond acceptors (Lipinski definition) is 3. The van der Waals surface area contributed by atoms with Crippen molar-refractivity contribution in [3.05, 3.63) is 29.8 Å². The van der Waals surface area contributed by atoms with Gasteiger partial charge in [-0.15, -0.1) is 0 Å². The van der Waals surface area contributed by atoms with Crippen molar-refractivity contribution in [2.75, 3.05) is 31.1 Å². The van der Waals surface area contributed by atoms with Crippen molar-refractivity contribution in [3.63, 3.8) is 0 Å². The van der Waals surface area contributed by atoms with E-state index in [1.54, 1.807) is 0 Å². The summed E-state index contributed by atoms with van der Waals surface area (Å²) in [4.78, 5) is 4.95. The molecule has 2 aliphatic rings. The predicted molar refractivity (Wildman–Crippen MR) is 83.0 cm³/mol. The second-order valence-corrected chi connectivity index (χ2v) is 6.22. The van der Waals surface area contributed by atoms with E-state index < -0.39 is 0 Å². The molecular formula is C17H26N2O. The fourth-order valence-electron chi connectivity index (χ4n) is 3.30. The number of nitrogens with zero attached hydrogens (tertiary/aromatic N) is 2. The SMILES string of the molecule is OC1CCN(Cc2ccc(N3CCCCC3)cc2)CC1. The zero-order valence-electron chi connectivity index (χ0n) is 12.3. The van der Waals surface area contributed by atoms with Gasteiger partial charge in [-0.3, -0.25) is 4.90 Å². The number of benzene rings is 1. The second kappa shape index (κ2) is 6.59. The number of aliphatic hydroxyl groups excluding tert-OH is 1. The van der Waals surface area contributed by atoms with Crippen molar-refractivity contribution < 1.29 is 5.11 Å². The van der Waals surface area contributed by atoms with Gasteiger partial charge in [0.05, 0.1) is 6.10 Å². The van der Waals surface area contributed by atoms with Gasteiger partial charge in [0, 0.05) is 38.4 Å². The van der Waals surface area contributed by atoms with Crippen LogP contribution in [0.4, 0.5) is 5.69 Å². The predicted octanol–water partition coefficient (Wildman–Crippen LogP) is 2.63. The van der Waals surface area contributed by atoms with Gasteiger partial charge < -0.3 is 10.0 Å². The van der Waals surface area contributed by atoms with Crippen LogP contribution in [0.5, 0.6) is 0 Å². The van der Waals surface area contributed by atoms with Crippen LogP contribution in [0.2, 0.25) is 0 Å². The van der Waals surface area contributed by atoms with Crippen LogP contribution in [-0.2, 0) is 6.54 Å². The molecule has 0 saturated carbocycles.